The monoisotopic (exact) mass is 454 g/mol. The molecule has 3 aromatic rings. The van der Waals surface area contributed by atoms with Gasteiger partial charge in [-0.05, 0) is 47.9 Å². The predicted molar refractivity (Wildman–Crippen MR) is 107 cm³/mol. The van der Waals surface area contributed by atoms with Crippen LogP contribution in [0, 0.1) is 0 Å². The molecule has 1 aromatic heterocycles. The van der Waals surface area contributed by atoms with Crippen LogP contribution in [0.1, 0.15) is 11.1 Å². The Morgan fingerprint density at radius 2 is 1.80 bits per heavy atom. The SMILES string of the molecule is O=S1(=O)CCc2cc(Cl)cc(-c3ccc(Oc4cc(C(F)(F)F)ccn4)cc3)c2N1. The maximum Gasteiger partial charge on any atom is 0.416 e. The lowest BCUT2D eigenvalue weighted by Crippen LogP contribution is -2.24. The average Bonchev–Trinajstić information content (AvgIpc) is 2.68. The van der Waals surface area contributed by atoms with Crippen molar-refractivity contribution >= 4 is 27.3 Å². The second-order valence-corrected chi connectivity index (χ2v) is 8.94. The number of hydrogen-bond donors (Lipinski definition) is 1. The van der Waals surface area contributed by atoms with Gasteiger partial charge in [0, 0.05) is 22.8 Å². The smallest absolute Gasteiger partial charge is 0.416 e. The van der Waals surface area contributed by atoms with Gasteiger partial charge in [-0.15, -0.1) is 0 Å². The van der Waals surface area contributed by atoms with Crippen LogP contribution in [0.15, 0.2) is 54.7 Å². The Balaban J connectivity index is 1.63. The van der Waals surface area contributed by atoms with Crippen LogP contribution >= 0.6 is 11.6 Å². The van der Waals surface area contributed by atoms with Gasteiger partial charge < -0.3 is 4.74 Å². The fourth-order valence-corrected chi connectivity index (χ4v) is 4.51. The van der Waals surface area contributed by atoms with Gasteiger partial charge in [-0.25, -0.2) is 13.4 Å². The van der Waals surface area contributed by atoms with E-state index in [9.17, 15) is 21.6 Å². The third kappa shape index (κ3) is 4.36. The molecule has 2 aromatic carbocycles. The van der Waals surface area contributed by atoms with Gasteiger partial charge in [-0.1, -0.05) is 23.7 Å². The van der Waals surface area contributed by atoms with Crippen molar-refractivity contribution in [1.29, 1.82) is 0 Å². The first-order valence-corrected chi connectivity index (χ1v) is 10.8. The maximum atomic E-state index is 12.8. The summed E-state index contributed by atoms with van der Waals surface area (Å²) < 4.78 is 70.5. The minimum Gasteiger partial charge on any atom is -0.439 e. The highest BCUT2D eigenvalue weighted by molar-refractivity contribution is 7.92. The van der Waals surface area contributed by atoms with Crippen LogP contribution in [0.25, 0.3) is 11.1 Å². The minimum atomic E-state index is -4.50. The third-order valence-corrected chi connectivity index (χ3v) is 6.01. The predicted octanol–water partition coefficient (Wildman–Crippen LogP) is 5.51. The van der Waals surface area contributed by atoms with Gasteiger partial charge in [-0.2, -0.15) is 13.2 Å². The van der Waals surface area contributed by atoms with Gasteiger partial charge in [0.2, 0.25) is 15.9 Å². The van der Waals surface area contributed by atoms with E-state index in [2.05, 4.69) is 9.71 Å². The number of nitrogens with zero attached hydrogens (tertiary/aromatic N) is 1. The van der Waals surface area contributed by atoms with Crippen LogP contribution < -0.4 is 9.46 Å². The molecule has 0 saturated heterocycles. The zero-order valence-electron chi connectivity index (χ0n) is 15.2. The minimum absolute atomic E-state index is 0.0173. The summed E-state index contributed by atoms with van der Waals surface area (Å²) in [6, 6.07) is 11.5. The number of halogens is 4. The van der Waals surface area contributed by atoms with Crippen LogP contribution in [0.3, 0.4) is 0 Å². The van der Waals surface area contributed by atoms with Gasteiger partial charge in [0.1, 0.15) is 5.75 Å². The lowest BCUT2D eigenvalue weighted by molar-refractivity contribution is -0.137. The molecule has 5 nitrogen and oxygen atoms in total. The zero-order valence-corrected chi connectivity index (χ0v) is 16.8. The highest BCUT2D eigenvalue weighted by Gasteiger charge is 2.31. The summed E-state index contributed by atoms with van der Waals surface area (Å²) in [5.74, 6) is 0.0730. The van der Waals surface area contributed by atoms with E-state index in [0.29, 0.717) is 28.3 Å². The number of hydrogen-bond acceptors (Lipinski definition) is 4. The van der Waals surface area contributed by atoms with E-state index in [-0.39, 0.29) is 17.4 Å². The first-order chi connectivity index (χ1) is 14.1. The van der Waals surface area contributed by atoms with Crippen LogP contribution in [0.4, 0.5) is 18.9 Å². The molecule has 1 aliphatic heterocycles. The Kier molecular flexibility index (Phi) is 5.11. The van der Waals surface area contributed by atoms with Crippen LogP contribution in [0.5, 0.6) is 11.6 Å². The first-order valence-electron chi connectivity index (χ1n) is 8.75. The van der Waals surface area contributed by atoms with E-state index in [1.165, 1.54) is 0 Å². The van der Waals surface area contributed by atoms with Crippen molar-refractivity contribution in [3.8, 4) is 22.8 Å². The van der Waals surface area contributed by atoms with E-state index < -0.39 is 21.8 Å². The van der Waals surface area contributed by atoms with E-state index in [1.54, 1.807) is 36.4 Å². The summed E-state index contributed by atoms with van der Waals surface area (Å²) in [7, 11) is -3.42. The molecule has 0 radical (unpaired) electrons. The van der Waals surface area contributed by atoms with Crippen LogP contribution in [-0.4, -0.2) is 19.2 Å². The van der Waals surface area contributed by atoms with Gasteiger partial charge in [0.05, 0.1) is 17.0 Å². The molecule has 0 unspecified atom stereocenters. The molecule has 0 atom stereocenters. The summed E-state index contributed by atoms with van der Waals surface area (Å²) in [5.41, 5.74) is 1.67. The molecule has 10 heteroatoms. The first kappa shape index (κ1) is 20.5. The molecule has 0 aliphatic carbocycles. The molecule has 2 heterocycles. The summed E-state index contributed by atoms with van der Waals surface area (Å²) in [6.07, 6.45) is -3.12. The summed E-state index contributed by atoms with van der Waals surface area (Å²) in [4.78, 5) is 3.80. The van der Waals surface area contributed by atoms with Gasteiger partial charge >= 0.3 is 6.18 Å². The van der Waals surface area contributed by atoms with Crippen LogP contribution in [-0.2, 0) is 22.6 Å². The molecular weight excluding hydrogens is 441 g/mol. The van der Waals surface area contributed by atoms with Gasteiger partial charge in [0.25, 0.3) is 0 Å². The molecule has 1 aliphatic rings. The number of aromatic nitrogens is 1. The number of rotatable bonds is 3. The summed E-state index contributed by atoms with van der Waals surface area (Å²) >= 11 is 6.19. The van der Waals surface area contributed by atoms with Crippen molar-refractivity contribution in [3.05, 3.63) is 70.9 Å². The lowest BCUT2D eigenvalue weighted by atomic mass is 9.99. The van der Waals surface area contributed by atoms with Crippen molar-refractivity contribution in [2.24, 2.45) is 0 Å². The zero-order chi connectivity index (χ0) is 21.5. The van der Waals surface area contributed by atoms with E-state index in [4.69, 9.17) is 16.3 Å². The molecule has 0 spiro atoms. The highest BCUT2D eigenvalue weighted by Crippen LogP contribution is 2.38. The number of fused-ring (bicyclic) bond motifs is 1. The number of benzene rings is 2. The molecule has 30 heavy (non-hydrogen) atoms. The van der Waals surface area contributed by atoms with E-state index >= 15 is 0 Å². The lowest BCUT2D eigenvalue weighted by Gasteiger charge is -2.22. The van der Waals surface area contributed by atoms with Crippen LogP contribution in [0.2, 0.25) is 5.02 Å². The molecule has 0 saturated carbocycles. The molecule has 0 amide bonds. The number of ether oxygens (including phenoxy) is 1. The molecular formula is C20H14ClF3N2O3S. The maximum absolute atomic E-state index is 12.8. The normalized spacial score (nSPS) is 15.2. The van der Waals surface area contributed by atoms with Gasteiger partial charge in [-0.3, -0.25) is 4.72 Å². The Morgan fingerprint density at radius 3 is 2.50 bits per heavy atom. The standard InChI is InChI=1S/C20H14ClF3N2O3S/c21-15-9-13-6-8-30(27,28)26-19(13)17(11-15)12-1-3-16(4-2-12)29-18-10-14(5-7-25-18)20(22,23)24/h1-5,7,9-11,26H,6,8H2. The van der Waals surface area contributed by atoms with Crippen molar-refractivity contribution in [2.45, 2.75) is 12.6 Å². The largest absolute Gasteiger partial charge is 0.439 e. The molecule has 4 rings (SSSR count). The number of sulfonamides is 1. The number of alkyl halides is 3. The third-order valence-electron chi connectivity index (χ3n) is 4.53. The Hall–Kier alpha value is -2.78. The van der Waals surface area contributed by atoms with Gasteiger partial charge in [0.15, 0.2) is 0 Å². The summed E-state index contributed by atoms with van der Waals surface area (Å²) in [5, 5.41) is 0.471. The Bertz CT molecular complexity index is 1210. The number of aryl methyl sites for hydroxylation is 1. The fourth-order valence-electron chi connectivity index (χ4n) is 3.12. The fraction of sp³-hybridized carbons (Fsp3) is 0.150. The molecule has 1 N–H and O–H groups in total. The van der Waals surface area contributed by atoms with E-state index in [1.807, 2.05) is 0 Å². The molecule has 0 bridgehead atoms. The number of nitrogens with one attached hydrogen (secondary N) is 1. The number of anilines is 1. The topological polar surface area (TPSA) is 68.3 Å². The van der Waals surface area contributed by atoms with Crippen molar-refractivity contribution in [3.63, 3.8) is 0 Å². The Labute approximate surface area is 175 Å². The van der Waals surface area contributed by atoms with Crippen molar-refractivity contribution in [2.75, 3.05) is 10.5 Å². The summed E-state index contributed by atoms with van der Waals surface area (Å²) in [6.45, 7) is 0. The van der Waals surface area contributed by atoms with E-state index in [0.717, 1.165) is 23.9 Å². The van der Waals surface area contributed by atoms with Crippen molar-refractivity contribution < 1.29 is 26.3 Å². The molecule has 0 fully saturated rings. The Morgan fingerprint density at radius 1 is 1.07 bits per heavy atom. The quantitative estimate of drug-likeness (QED) is 0.566. The second-order valence-electron chi connectivity index (χ2n) is 6.67. The molecule has 156 valence electrons. The average molecular weight is 455 g/mol. The highest BCUT2D eigenvalue weighted by atomic mass is 35.5. The second kappa shape index (κ2) is 7.48. The van der Waals surface area contributed by atoms with Crippen molar-refractivity contribution in [1.82, 2.24) is 4.98 Å². The number of pyridine rings is 1.